The molecule has 4 rings (SSSR count). The lowest BCUT2D eigenvalue weighted by molar-refractivity contribution is -0.290. The summed E-state index contributed by atoms with van der Waals surface area (Å²) >= 11 is 0. The molecule has 0 saturated carbocycles. The molecule has 4 aliphatic rings. The van der Waals surface area contributed by atoms with Gasteiger partial charge < -0.3 is 34.6 Å². The number of fused-ring (bicyclic) bond motifs is 3. The number of carbonyl (C=O) groups excluding carboxylic acids is 2. The first-order valence-electron chi connectivity index (χ1n) is 10.3. The largest absolute Gasteiger partial charge is 0.461 e. The molecule has 0 radical (unpaired) electrons. The van der Waals surface area contributed by atoms with Crippen molar-refractivity contribution in [3.05, 3.63) is 22.5 Å². The van der Waals surface area contributed by atoms with Gasteiger partial charge in [0.1, 0.15) is 30.5 Å². The van der Waals surface area contributed by atoms with E-state index in [1.165, 1.54) is 0 Å². The Hall–Kier alpha value is -1.78. The van der Waals surface area contributed by atoms with Gasteiger partial charge >= 0.3 is 5.97 Å². The van der Waals surface area contributed by atoms with E-state index in [1.807, 2.05) is 13.8 Å². The summed E-state index contributed by atoms with van der Waals surface area (Å²) in [7, 11) is 0. The quantitative estimate of drug-likeness (QED) is 0.444. The second kappa shape index (κ2) is 7.72. The van der Waals surface area contributed by atoms with Crippen LogP contribution in [0.4, 0.5) is 0 Å². The van der Waals surface area contributed by atoms with Gasteiger partial charge in [-0.2, -0.15) is 0 Å². The Labute approximate surface area is 173 Å². The first kappa shape index (κ1) is 21.5. The predicted molar refractivity (Wildman–Crippen MR) is 101 cm³/mol. The van der Waals surface area contributed by atoms with Crippen molar-refractivity contribution in [3.8, 4) is 0 Å². The summed E-state index contributed by atoms with van der Waals surface area (Å²) in [5.41, 5.74) is 2.03. The number of ether oxygens (including phenoxy) is 3. The molecule has 9 atom stereocenters. The molecular weight excluding hydrogens is 396 g/mol. The van der Waals surface area contributed by atoms with Crippen LogP contribution in [0.15, 0.2) is 22.5 Å². The number of rotatable bonds is 3. The number of esters is 1. The summed E-state index contributed by atoms with van der Waals surface area (Å²) in [5, 5.41) is 39.6. The van der Waals surface area contributed by atoms with Crippen LogP contribution in [0.25, 0.3) is 0 Å². The minimum absolute atomic E-state index is 0.00990. The van der Waals surface area contributed by atoms with Crippen LogP contribution >= 0.6 is 0 Å². The van der Waals surface area contributed by atoms with E-state index in [0.29, 0.717) is 17.6 Å². The second-order valence-corrected chi connectivity index (χ2v) is 8.72. The third kappa shape index (κ3) is 3.11. The topological polar surface area (TPSA) is 143 Å². The Morgan fingerprint density at radius 2 is 1.80 bits per heavy atom. The molecule has 9 heteroatoms. The number of ketones is 1. The fourth-order valence-corrected chi connectivity index (χ4v) is 5.13. The molecular formula is C21H28O9. The van der Waals surface area contributed by atoms with Crippen molar-refractivity contribution in [2.45, 2.75) is 70.4 Å². The number of allylic oxidation sites excluding steroid dienone is 2. The molecule has 9 unspecified atom stereocenters. The molecule has 0 amide bonds. The lowest BCUT2D eigenvalue weighted by Crippen LogP contribution is -2.59. The van der Waals surface area contributed by atoms with Crippen LogP contribution in [0.3, 0.4) is 0 Å². The number of aliphatic hydroxyl groups is 4. The molecule has 0 bridgehead atoms. The lowest BCUT2D eigenvalue weighted by atomic mass is 9.81. The van der Waals surface area contributed by atoms with E-state index < -0.39 is 49.3 Å². The fraction of sp³-hybridized carbons (Fsp3) is 0.714. The number of carbonyl (C=O) groups is 2. The predicted octanol–water partition coefficient (Wildman–Crippen LogP) is -0.436. The summed E-state index contributed by atoms with van der Waals surface area (Å²) in [6.45, 7) is 4.86. The van der Waals surface area contributed by atoms with E-state index in [4.69, 9.17) is 14.2 Å². The van der Waals surface area contributed by atoms with Crippen LogP contribution in [0.5, 0.6) is 0 Å². The SMILES string of the molecule is CC1=C2C(=O)C(OC3OC(CO)C(O)C(O)C3O)=C(C)C2C2OC(=O)C(C)C2CC1. The minimum atomic E-state index is -1.62. The third-order valence-corrected chi connectivity index (χ3v) is 7.00. The fourth-order valence-electron chi connectivity index (χ4n) is 5.13. The lowest BCUT2D eigenvalue weighted by Gasteiger charge is -2.39. The number of aliphatic hydroxyl groups excluding tert-OH is 4. The minimum Gasteiger partial charge on any atom is -0.461 e. The molecule has 2 aliphatic carbocycles. The first-order chi connectivity index (χ1) is 14.2. The van der Waals surface area contributed by atoms with Gasteiger partial charge in [-0.3, -0.25) is 9.59 Å². The van der Waals surface area contributed by atoms with Crippen LogP contribution < -0.4 is 0 Å². The number of hydrogen-bond acceptors (Lipinski definition) is 9. The Balaban J connectivity index is 1.66. The maximum atomic E-state index is 13.3. The Morgan fingerprint density at radius 1 is 1.10 bits per heavy atom. The maximum absolute atomic E-state index is 13.3. The summed E-state index contributed by atoms with van der Waals surface area (Å²) in [5.74, 6) is -1.34. The van der Waals surface area contributed by atoms with Crippen molar-refractivity contribution < 1.29 is 44.2 Å². The van der Waals surface area contributed by atoms with Gasteiger partial charge in [0.05, 0.1) is 18.4 Å². The van der Waals surface area contributed by atoms with Gasteiger partial charge in [0, 0.05) is 11.5 Å². The molecule has 2 fully saturated rings. The van der Waals surface area contributed by atoms with Gasteiger partial charge in [-0.15, -0.1) is 0 Å². The van der Waals surface area contributed by atoms with Crippen molar-refractivity contribution in [1.82, 2.24) is 0 Å². The Kier molecular flexibility index (Phi) is 5.52. The molecule has 2 heterocycles. The van der Waals surface area contributed by atoms with Gasteiger partial charge in [-0.25, -0.2) is 0 Å². The molecule has 30 heavy (non-hydrogen) atoms. The summed E-state index contributed by atoms with van der Waals surface area (Å²) in [6.07, 6.45) is -6.36. The first-order valence-corrected chi connectivity index (χ1v) is 10.3. The monoisotopic (exact) mass is 424 g/mol. The van der Waals surface area contributed by atoms with Crippen LogP contribution in [-0.4, -0.2) is 75.6 Å². The van der Waals surface area contributed by atoms with E-state index >= 15 is 0 Å². The molecule has 166 valence electrons. The second-order valence-electron chi connectivity index (χ2n) is 8.72. The van der Waals surface area contributed by atoms with Crippen LogP contribution in [0.2, 0.25) is 0 Å². The van der Waals surface area contributed by atoms with Gasteiger partial charge in [-0.05, 0) is 32.3 Å². The van der Waals surface area contributed by atoms with Crippen LogP contribution in [0.1, 0.15) is 33.6 Å². The summed E-state index contributed by atoms with van der Waals surface area (Å²) in [4.78, 5) is 25.5. The molecule has 2 saturated heterocycles. The maximum Gasteiger partial charge on any atom is 0.309 e. The highest BCUT2D eigenvalue weighted by molar-refractivity contribution is 6.11. The molecule has 4 N–H and O–H groups in total. The third-order valence-electron chi connectivity index (χ3n) is 7.00. The van der Waals surface area contributed by atoms with Gasteiger partial charge in [0.15, 0.2) is 5.76 Å². The van der Waals surface area contributed by atoms with Gasteiger partial charge in [0.25, 0.3) is 0 Å². The summed E-state index contributed by atoms with van der Waals surface area (Å²) < 4.78 is 16.8. The van der Waals surface area contributed by atoms with E-state index in [9.17, 15) is 30.0 Å². The molecule has 0 aromatic heterocycles. The molecule has 0 spiro atoms. The number of hydrogen-bond donors (Lipinski definition) is 4. The van der Waals surface area contributed by atoms with E-state index in [-0.39, 0.29) is 29.3 Å². The zero-order chi connectivity index (χ0) is 21.9. The van der Waals surface area contributed by atoms with Crippen molar-refractivity contribution in [1.29, 1.82) is 0 Å². The van der Waals surface area contributed by atoms with Gasteiger partial charge in [-0.1, -0.05) is 12.5 Å². The average molecular weight is 424 g/mol. The van der Waals surface area contributed by atoms with Crippen molar-refractivity contribution in [2.75, 3.05) is 6.61 Å². The molecule has 0 aromatic carbocycles. The van der Waals surface area contributed by atoms with Crippen molar-refractivity contribution >= 4 is 11.8 Å². The van der Waals surface area contributed by atoms with Crippen molar-refractivity contribution in [2.24, 2.45) is 17.8 Å². The van der Waals surface area contributed by atoms with Crippen LogP contribution in [0, 0.1) is 17.8 Å². The van der Waals surface area contributed by atoms with Crippen molar-refractivity contribution in [3.63, 3.8) is 0 Å². The summed E-state index contributed by atoms with van der Waals surface area (Å²) in [6, 6.07) is 0. The number of Topliss-reactive ketones (excluding diaryl/α,β-unsaturated/α-hetero) is 1. The average Bonchev–Trinajstić information content (AvgIpc) is 3.06. The molecule has 9 nitrogen and oxygen atoms in total. The van der Waals surface area contributed by atoms with E-state index in [1.54, 1.807) is 6.92 Å². The molecule has 2 aliphatic heterocycles. The highest BCUT2D eigenvalue weighted by atomic mass is 16.7. The highest BCUT2D eigenvalue weighted by Gasteiger charge is 2.54. The van der Waals surface area contributed by atoms with Crippen LogP contribution in [-0.2, 0) is 23.8 Å². The standard InChI is InChI=1S/C21H28O9/c1-7-4-5-10-8(2)20(27)29-19(10)13-9(3)18(15(24)12(7)13)30-21-17(26)16(25)14(23)11(6-22)28-21/h8,10-11,13-14,16-17,19,21-23,25-26H,4-6H2,1-3H3. The van der Waals surface area contributed by atoms with E-state index in [0.717, 1.165) is 12.0 Å². The van der Waals surface area contributed by atoms with E-state index in [2.05, 4.69) is 0 Å². The highest BCUT2D eigenvalue weighted by Crippen LogP contribution is 2.50. The Morgan fingerprint density at radius 3 is 2.47 bits per heavy atom. The molecule has 0 aromatic rings. The zero-order valence-corrected chi connectivity index (χ0v) is 17.1. The van der Waals surface area contributed by atoms with Gasteiger partial charge in [0.2, 0.25) is 12.1 Å². The Bertz CT molecular complexity index is 813. The zero-order valence-electron chi connectivity index (χ0n) is 17.1. The normalized spacial score (nSPS) is 44.0. The smallest absolute Gasteiger partial charge is 0.309 e.